The van der Waals surface area contributed by atoms with Crippen LogP contribution in [0.15, 0.2) is 30.5 Å². The van der Waals surface area contributed by atoms with E-state index >= 15 is 8.78 Å². The molecule has 1 aromatic carbocycles. The molecule has 3 aromatic rings. The van der Waals surface area contributed by atoms with Crippen molar-refractivity contribution in [3.05, 3.63) is 59.2 Å². The number of ether oxygens (including phenoxy) is 1. The van der Waals surface area contributed by atoms with Crippen LogP contribution in [0.25, 0.3) is 11.3 Å². The largest absolute Gasteiger partial charge is 0.439 e. The molecule has 0 N–H and O–H groups in total. The normalized spacial score (nSPS) is 15.6. The molecule has 0 unspecified atom stereocenters. The summed E-state index contributed by atoms with van der Waals surface area (Å²) in [5, 5.41) is 0. The summed E-state index contributed by atoms with van der Waals surface area (Å²) in [5.41, 5.74) is -0.0566. The van der Waals surface area contributed by atoms with Crippen molar-refractivity contribution >= 4 is 5.91 Å². The number of amides is 1. The number of fused-ring (bicyclic) bond motifs is 1. The Kier molecular flexibility index (Phi) is 4.87. The number of halogens is 4. The van der Waals surface area contributed by atoms with Crippen molar-refractivity contribution < 1.29 is 27.1 Å². The molecule has 1 saturated carbocycles. The molecule has 32 heavy (non-hydrogen) atoms. The van der Waals surface area contributed by atoms with Gasteiger partial charge >= 0.3 is 0 Å². The van der Waals surface area contributed by atoms with Gasteiger partial charge in [-0.15, -0.1) is 0 Å². The molecule has 1 fully saturated rings. The van der Waals surface area contributed by atoms with Gasteiger partial charge in [-0.25, -0.2) is 27.5 Å². The predicted octanol–water partition coefficient (Wildman–Crippen LogP) is 5.08. The molecule has 0 spiro atoms. The Bertz CT molecular complexity index is 1180. The lowest BCUT2D eigenvalue weighted by molar-refractivity contribution is 0.0758. The van der Waals surface area contributed by atoms with Crippen LogP contribution in [-0.2, 0) is 6.67 Å². The van der Waals surface area contributed by atoms with Gasteiger partial charge in [-0.05, 0) is 31.7 Å². The maximum atomic E-state index is 15.0. The average molecular weight is 446 g/mol. The third-order valence-corrected chi connectivity index (χ3v) is 5.59. The molecule has 6 nitrogen and oxygen atoms in total. The standard InChI is InChI=1S/C22H18F4N4O2/c1-11-19(30-10-29(9-12-2-3-12)22(31)21(30)28-11)18-15(23)6-14(7-16(18)24)32-17-5-4-13(8-27-17)20(25)26/h4-8,12,20H,2-3,9-10H2,1H3. The Morgan fingerprint density at radius 2 is 1.91 bits per heavy atom. The van der Waals surface area contributed by atoms with Gasteiger partial charge in [0.05, 0.1) is 23.6 Å². The zero-order chi connectivity index (χ0) is 22.6. The minimum atomic E-state index is -2.68. The van der Waals surface area contributed by atoms with E-state index in [9.17, 15) is 13.6 Å². The molecule has 0 atom stereocenters. The summed E-state index contributed by atoms with van der Waals surface area (Å²) < 4.78 is 62.2. The number of aromatic nitrogens is 3. The van der Waals surface area contributed by atoms with Gasteiger partial charge in [-0.1, -0.05) is 0 Å². The highest BCUT2D eigenvalue weighted by Gasteiger charge is 2.37. The molecule has 1 aliphatic carbocycles. The molecule has 0 radical (unpaired) electrons. The quantitative estimate of drug-likeness (QED) is 0.495. The Morgan fingerprint density at radius 3 is 2.50 bits per heavy atom. The van der Waals surface area contributed by atoms with E-state index in [1.807, 2.05) is 0 Å². The van der Waals surface area contributed by atoms with Crippen LogP contribution in [-0.4, -0.2) is 31.9 Å². The summed E-state index contributed by atoms with van der Waals surface area (Å²) >= 11 is 0. The van der Waals surface area contributed by atoms with Crippen LogP contribution in [0.4, 0.5) is 17.6 Å². The van der Waals surface area contributed by atoms with Crippen molar-refractivity contribution in [1.29, 1.82) is 0 Å². The van der Waals surface area contributed by atoms with Gasteiger partial charge in [-0.2, -0.15) is 0 Å². The fourth-order valence-electron chi connectivity index (χ4n) is 3.86. The minimum absolute atomic E-state index is 0.0799. The van der Waals surface area contributed by atoms with Crippen LogP contribution in [0.1, 0.15) is 41.1 Å². The molecule has 2 aliphatic rings. The van der Waals surface area contributed by atoms with Gasteiger partial charge in [0.25, 0.3) is 12.3 Å². The first-order valence-corrected chi connectivity index (χ1v) is 10.1. The highest BCUT2D eigenvalue weighted by molar-refractivity contribution is 5.94. The van der Waals surface area contributed by atoms with Crippen LogP contribution < -0.4 is 4.74 Å². The summed E-state index contributed by atoms with van der Waals surface area (Å²) in [5.74, 6) is -1.66. The van der Waals surface area contributed by atoms with E-state index < -0.39 is 18.1 Å². The molecule has 10 heteroatoms. The number of benzene rings is 1. The highest BCUT2D eigenvalue weighted by Crippen LogP contribution is 2.37. The third kappa shape index (κ3) is 3.59. The first kappa shape index (κ1) is 20.5. The summed E-state index contributed by atoms with van der Waals surface area (Å²) in [7, 11) is 0. The van der Waals surface area contributed by atoms with Crippen LogP contribution in [0.3, 0.4) is 0 Å². The first-order valence-electron chi connectivity index (χ1n) is 10.1. The molecule has 1 aliphatic heterocycles. The summed E-state index contributed by atoms with van der Waals surface area (Å²) in [6, 6.07) is 4.29. The molecule has 3 heterocycles. The Hall–Kier alpha value is -3.43. The zero-order valence-corrected chi connectivity index (χ0v) is 17.0. The Morgan fingerprint density at radius 1 is 1.19 bits per heavy atom. The lowest BCUT2D eigenvalue weighted by Gasteiger charge is -2.16. The Balaban J connectivity index is 1.44. The van der Waals surface area contributed by atoms with Crippen LogP contribution >= 0.6 is 0 Å². The SMILES string of the molecule is Cc1nc2n(c1-c1c(F)cc(Oc3ccc(C(F)F)cn3)cc1F)CN(CC1CC1)C2=O. The molecule has 166 valence electrons. The number of imidazole rings is 1. The van der Waals surface area contributed by atoms with E-state index in [1.54, 1.807) is 11.8 Å². The van der Waals surface area contributed by atoms with Crippen molar-refractivity contribution in [2.75, 3.05) is 6.54 Å². The molecular formula is C22H18F4N4O2. The van der Waals surface area contributed by atoms with Gasteiger partial charge < -0.3 is 14.2 Å². The van der Waals surface area contributed by atoms with E-state index in [4.69, 9.17) is 4.74 Å². The first-order chi connectivity index (χ1) is 15.3. The van der Waals surface area contributed by atoms with E-state index in [0.29, 0.717) is 18.2 Å². The summed E-state index contributed by atoms with van der Waals surface area (Å²) in [6.07, 6.45) is 0.397. The van der Waals surface area contributed by atoms with Crippen LogP contribution in [0.5, 0.6) is 11.6 Å². The van der Waals surface area contributed by atoms with E-state index in [1.165, 1.54) is 10.6 Å². The van der Waals surface area contributed by atoms with Gasteiger partial charge in [0.2, 0.25) is 11.7 Å². The van der Waals surface area contributed by atoms with Gasteiger partial charge in [0.1, 0.15) is 17.4 Å². The van der Waals surface area contributed by atoms with Crippen molar-refractivity contribution in [2.45, 2.75) is 32.9 Å². The highest BCUT2D eigenvalue weighted by atomic mass is 19.3. The van der Waals surface area contributed by atoms with Gasteiger partial charge in [0, 0.05) is 36.5 Å². The molecule has 5 rings (SSSR count). The number of rotatable bonds is 6. The lowest BCUT2D eigenvalue weighted by Crippen LogP contribution is -2.27. The van der Waals surface area contributed by atoms with Crippen molar-refractivity contribution in [3.63, 3.8) is 0 Å². The number of hydrogen-bond donors (Lipinski definition) is 0. The minimum Gasteiger partial charge on any atom is -0.439 e. The van der Waals surface area contributed by atoms with E-state index in [-0.39, 0.29) is 46.9 Å². The lowest BCUT2D eigenvalue weighted by atomic mass is 10.1. The molecule has 1 amide bonds. The van der Waals surface area contributed by atoms with E-state index in [2.05, 4.69) is 9.97 Å². The van der Waals surface area contributed by atoms with Gasteiger partial charge in [-0.3, -0.25) is 4.79 Å². The Labute approximate surface area is 180 Å². The maximum Gasteiger partial charge on any atom is 0.291 e. The second kappa shape index (κ2) is 7.61. The topological polar surface area (TPSA) is 60.2 Å². The fourth-order valence-corrected chi connectivity index (χ4v) is 3.86. The van der Waals surface area contributed by atoms with E-state index in [0.717, 1.165) is 37.2 Å². The number of aryl methyl sites for hydroxylation is 1. The predicted molar refractivity (Wildman–Crippen MR) is 105 cm³/mol. The fraction of sp³-hybridized carbons (Fsp3) is 0.318. The third-order valence-electron chi connectivity index (χ3n) is 5.59. The number of pyridine rings is 1. The number of carbonyl (C=O) groups excluding carboxylic acids is 1. The zero-order valence-electron chi connectivity index (χ0n) is 17.0. The maximum absolute atomic E-state index is 15.0. The number of carbonyl (C=O) groups is 1. The monoisotopic (exact) mass is 446 g/mol. The average Bonchev–Trinajstić information content (AvgIpc) is 3.44. The summed E-state index contributed by atoms with van der Waals surface area (Å²) in [4.78, 5) is 22.3. The molecule has 0 bridgehead atoms. The second-order valence-electron chi connectivity index (χ2n) is 8.00. The second-order valence-corrected chi connectivity index (χ2v) is 8.00. The molecular weight excluding hydrogens is 428 g/mol. The molecule has 0 saturated heterocycles. The van der Waals surface area contributed by atoms with Crippen molar-refractivity contribution in [3.8, 4) is 22.9 Å². The smallest absolute Gasteiger partial charge is 0.291 e. The van der Waals surface area contributed by atoms with Crippen molar-refractivity contribution in [2.24, 2.45) is 5.92 Å². The number of nitrogens with zero attached hydrogens (tertiary/aromatic N) is 4. The molecule has 2 aromatic heterocycles. The van der Waals surface area contributed by atoms with Gasteiger partial charge in [0.15, 0.2) is 0 Å². The van der Waals surface area contributed by atoms with Crippen LogP contribution in [0.2, 0.25) is 0 Å². The number of alkyl halides is 2. The van der Waals surface area contributed by atoms with Crippen LogP contribution in [0, 0.1) is 24.5 Å². The van der Waals surface area contributed by atoms with Crippen molar-refractivity contribution in [1.82, 2.24) is 19.4 Å². The summed E-state index contributed by atoms with van der Waals surface area (Å²) in [6.45, 7) is 2.39. The number of hydrogen-bond acceptors (Lipinski definition) is 4.